The zero-order chi connectivity index (χ0) is 12.4. The van der Waals surface area contributed by atoms with Gasteiger partial charge in [0, 0.05) is 6.04 Å². The minimum absolute atomic E-state index is 0.0582. The van der Waals surface area contributed by atoms with Gasteiger partial charge in [0.05, 0.1) is 11.4 Å². The molecule has 0 aliphatic heterocycles. The Hall–Kier alpha value is -0.970. The molecule has 0 saturated heterocycles. The molecule has 0 unspecified atom stereocenters. The number of nitrogens with zero attached hydrogens (tertiary/aromatic N) is 1. The van der Waals surface area contributed by atoms with Crippen LogP contribution in [0.3, 0.4) is 0 Å². The first-order valence-electron chi connectivity index (χ1n) is 5.92. The van der Waals surface area contributed by atoms with E-state index in [2.05, 4.69) is 17.2 Å². The van der Waals surface area contributed by atoms with Crippen LogP contribution in [0.25, 0.3) is 0 Å². The number of hydrogen-bond donors (Lipinski definition) is 1. The van der Waals surface area contributed by atoms with Crippen LogP contribution in [0.15, 0.2) is 9.64 Å². The molecule has 17 heavy (non-hydrogen) atoms. The average Bonchev–Trinajstić information content (AvgIpc) is 3.05. The van der Waals surface area contributed by atoms with E-state index in [9.17, 15) is 4.79 Å². The maximum Gasteiger partial charge on any atom is 0.256 e. The van der Waals surface area contributed by atoms with Gasteiger partial charge < -0.3 is 9.73 Å². The molecule has 4 nitrogen and oxygen atoms in total. The number of oxazole rings is 1. The number of carbonyl (C=O) groups excluding carboxylic acids is 1. The fourth-order valence-corrected chi connectivity index (χ4v) is 2.37. The number of rotatable bonds is 5. The van der Waals surface area contributed by atoms with Crippen molar-refractivity contribution in [2.45, 2.75) is 44.9 Å². The molecule has 1 heterocycles. The number of nitrogens with one attached hydrogen (secondary N) is 1. The highest BCUT2D eigenvalue weighted by molar-refractivity contribution is 7.99. The summed E-state index contributed by atoms with van der Waals surface area (Å²) < 4.78 is 5.40. The van der Waals surface area contributed by atoms with E-state index >= 15 is 0 Å². The fourth-order valence-electron chi connectivity index (χ4n) is 1.64. The molecule has 1 aliphatic rings. The Kier molecular flexibility index (Phi) is 3.76. The Balaban J connectivity index is 1.75. The molecule has 94 valence electrons. The van der Waals surface area contributed by atoms with Gasteiger partial charge in [0.15, 0.2) is 0 Å². The third-order valence-electron chi connectivity index (χ3n) is 3.05. The van der Waals surface area contributed by atoms with Crippen LogP contribution < -0.4 is 5.32 Å². The van der Waals surface area contributed by atoms with Crippen molar-refractivity contribution in [1.29, 1.82) is 0 Å². The van der Waals surface area contributed by atoms with Crippen molar-refractivity contribution in [2.75, 3.05) is 5.75 Å². The van der Waals surface area contributed by atoms with E-state index in [4.69, 9.17) is 4.42 Å². The van der Waals surface area contributed by atoms with Crippen molar-refractivity contribution < 1.29 is 9.21 Å². The molecule has 1 saturated carbocycles. The Morgan fingerprint density at radius 2 is 2.29 bits per heavy atom. The van der Waals surface area contributed by atoms with E-state index < -0.39 is 0 Å². The zero-order valence-electron chi connectivity index (χ0n) is 10.4. The van der Waals surface area contributed by atoms with Gasteiger partial charge in [-0.25, -0.2) is 4.98 Å². The van der Waals surface area contributed by atoms with E-state index in [0.29, 0.717) is 22.9 Å². The Labute approximate surface area is 106 Å². The summed E-state index contributed by atoms with van der Waals surface area (Å²) in [6.07, 6.45) is 2.49. The molecule has 1 atom stereocenters. The molecule has 1 aromatic rings. The second kappa shape index (κ2) is 5.12. The predicted octanol–water partition coefficient (Wildman–Crippen LogP) is 2.30. The number of hydrogen-bond acceptors (Lipinski definition) is 4. The van der Waals surface area contributed by atoms with E-state index in [1.807, 2.05) is 13.8 Å². The summed E-state index contributed by atoms with van der Waals surface area (Å²) in [5.74, 6) is 1.94. The van der Waals surface area contributed by atoms with Crippen molar-refractivity contribution in [2.24, 2.45) is 5.92 Å². The van der Waals surface area contributed by atoms with Crippen LogP contribution in [0.5, 0.6) is 0 Å². The topological polar surface area (TPSA) is 55.1 Å². The number of thioether (sulfide) groups is 1. The molecule has 0 radical (unpaired) electrons. The van der Waals surface area contributed by atoms with Crippen LogP contribution in [-0.2, 0) is 4.79 Å². The monoisotopic (exact) mass is 254 g/mol. The van der Waals surface area contributed by atoms with Crippen LogP contribution >= 0.6 is 11.8 Å². The third kappa shape index (κ3) is 3.49. The smallest absolute Gasteiger partial charge is 0.256 e. The van der Waals surface area contributed by atoms with E-state index in [0.717, 1.165) is 11.5 Å². The minimum atomic E-state index is 0.0582. The summed E-state index contributed by atoms with van der Waals surface area (Å²) in [4.78, 5) is 15.9. The summed E-state index contributed by atoms with van der Waals surface area (Å²) in [6.45, 7) is 5.85. The van der Waals surface area contributed by atoms with Gasteiger partial charge in [-0.15, -0.1) is 0 Å². The number of aryl methyl sites for hydroxylation is 2. The molecule has 5 heteroatoms. The summed E-state index contributed by atoms with van der Waals surface area (Å²) in [5, 5.41) is 3.58. The van der Waals surface area contributed by atoms with Crippen LogP contribution in [0, 0.1) is 19.8 Å². The lowest BCUT2D eigenvalue weighted by Gasteiger charge is -2.11. The maximum atomic E-state index is 11.6. The van der Waals surface area contributed by atoms with Gasteiger partial charge in [-0.2, -0.15) is 0 Å². The highest BCUT2D eigenvalue weighted by Gasteiger charge is 2.28. The molecule has 0 spiro atoms. The lowest BCUT2D eigenvalue weighted by atomic mass is 10.2. The second-order valence-electron chi connectivity index (χ2n) is 4.60. The first-order chi connectivity index (χ1) is 8.06. The first-order valence-corrected chi connectivity index (χ1v) is 6.91. The molecule has 2 rings (SSSR count). The molecular weight excluding hydrogens is 236 g/mol. The first kappa shape index (κ1) is 12.5. The number of aromatic nitrogens is 1. The van der Waals surface area contributed by atoms with Crippen molar-refractivity contribution in [1.82, 2.24) is 10.3 Å². The predicted molar refractivity (Wildman–Crippen MR) is 67.0 cm³/mol. The Morgan fingerprint density at radius 3 is 2.82 bits per heavy atom. The molecule has 0 aromatic carbocycles. The lowest BCUT2D eigenvalue weighted by Crippen LogP contribution is -2.35. The summed E-state index contributed by atoms with van der Waals surface area (Å²) >= 11 is 1.35. The van der Waals surface area contributed by atoms with Crippen LogP contribution in [-0.4, -0.2) is 22.7 Å². The number of amides is 1. The average molecular weight is 254 g/mol. The number of carbonyl (C=O) groups is 1. The van der Waals surface area contributed by atoms with Gasteiger partial charge in [-0.1, -0.05) is 11.8 Å². The quantitative estimate of drug-likeness (QED) is 0.819. The van der Waals surface area contributed by atoms with Crippen LogP contribution in [0.1, 0.15) is 31.2 Å². The van der Waals surface area contributed by atoms with Gasteiger partial charge in [0.2, 0.25) is 5.91 Å². The Bertz CT molecular complexity index is 393. The Morgan fingerprint density at radius 1 is 1.59 bits per heavy atom. The van der Waals surface area contributed by atoms with Crippen molar-refractivity contribution in [3.8, 4) is 0 Å². The molecular formula is C12H18N2O2S. The van der Waals surface area contributed by atoms with Crippen LogP contribution in [0.4, 0.5) is 0 Å². The van der Waals surface area contributed by atoms with Crippen molar-refractivity contribution in [3.05, 3.63) is 11.5 Å². The third-order valence-corrected chi connectivity index (χ3v) is 3.88. The van der Waals surface area contributed by atoms with Gasteiger partial charge in [0.25, 0.3) is 5.22 Å². The largest absolute Gasteiger partial charge is 0.437 e. The summed E-state index contributed by atoms with van der Waals surface area (Å²) in [6, 6.07) is 0.302. The maximum absolute atomic E-state index is 11.6. The minimum Gasteiger partial charge on any atom is -0.437 e. The van der Waals surface area contributed by atoms with Gasteiger partial charge >= 0.3 is 0 Å². The highest BCUT2D eigenvalue weighted by Crippen LogP contribution is 2.32. The van der Waals surface area contributed by atoms with E-state index in [1.54, 1.807) is 0 Å². The van der Waals surface area contributed by atoms with E-state index in [1.165, 1.54) is 24.6 Å². The van der Waals surface area contributed by atoms with E-state index in [-0.39, 0.29) is 5.91 Å². The van der Waals surface area contributed by atoms with Crippen molar-refractivity contribution >= 4 is 17.7 Å². The standard InChI is InChI=1S/C12H18N2O2S/c1-7-9(3)16-12(14-7)17-6-11(15)13-8(2)10-4-5-10/h8,10H,4-6H2,1-3H3,(H,13,15)/t8-/m1/s1. The molecule has 1 fully saturated rings. The molecule has 1 N–H and O–H groups in total. The fraction of sp³-hybridized carbons (Fsp3) is 0.667. The van der Waals surface area contributed by atoms with Crippen LogP contribution in [0.2, 0.25) is 0 Å². The second-order valence-corrected chi connectivity index (χ2v) is 5.53. The molecule has 1 aliphatic carbocycles. The van der Waals surface area contributed by atoms with Crippen molar-refractivity contribution in [3.63, 3.8) is 0 Å². The summed E-state index contributed by atoms with van der Waals surface area (Å²) in [7, 11) is 0. The van der Waals surface area contributed by atoms with Gasteiger partial charge in [-0.05, 0) is 39.5 Å². The molecule has 0 bridgehead atoms. The molecule has 1 amide bonds. The molecule has 1 aromatic heterocycles. The van der Waals surface area contributed by atoms with Gasteiger partial charge in [0.1, 0.15) is 5.76 Å². The van der Waals surface area contributed by atoms with Gasteiger partial charge in [-0.3, -0.25) is 4.79 Å². The zero-order valence-corrected chi connectivity index (χ0v) is 11.3. The normalized spacial score (nSPS) is 16.9. The lowest BCUT2D eigenvalue weighted by molar-refractivity contribution is -0.119. The summed E-state index contributed by atoms with van der Waals surface area (Å²) in [5.41, 5.74) is 0.888. The SMILES string of the molecule is Cc1nc(SCC(=O)N[C@H](C)C2CC2)oc1C. The highest BCUT2D eigenvalue weighted by atomic mass is 32.2.